The van der Waals surface area contributed by atoms with Crippen LogP contribution in [0.2, 0.25) is 0 Å². The molecular weight excluding hydrogens is 162 g/mol. The highest BCUT2D eigenvalue weighted by molar-refractivity contribution is 5.81. The van der Waals surface area contributed by atoms with Gasteiger partial charge >= 0.3 is 0 Å². The van der Waals surface area contributed by atoms with Crippen LogP contribution in [0, 0.1) is 0 Å². The van der Waals surface area contributed by atoms with Crippen molar-refractivity contribution >= 4 is 5.84 Å². The van der Waals surface area contributed by atoms with E-state index in [1.165, 1.54) is 0 Å². The Balaban J connectivity index is 3.54. The first-order valence-corrected chi connectivity index (χ1v) is 5.12. The molecule has 0 radical (unpaired) electrons. The zero-order chi connectivity index (χ0) is 10.1. The molecule has 0 aliphatic carbocycles. The quantitative estimate of drug-likeness (QED) is 0.384. The smallest absolute Gasteiger partial charge is 0.0960 e. The predicted molar refractivity (Wildman–Crippen MR) is 59.4 cm³/mol. The van der Waals surface area contributed by atoms with Gasteiger partial charge in [0, 0.05) is 19.5 Å². The van der Waals surface area contributed by atoms with Crippen LogP contribution in [0.1, 0.15) is 26.7 Å². The molecule has 0 amide bonds. The van der Waals surface area contributed by atoms with Gasteiger partial charge in [0.1, 0.15) is 0 Å². The van der Waals surface area contributed by atoms with Crippen molar-refractivity contribution in [1.82, 2.24) is 10.2 Å². The van der Waals surface area contributed by atoms with E-state index in [0.717, 1.165) is 38.3 Å². The summed E-state index contributed by atoms with van der Waals surface area (Å²) in [6.07, 6.45) is 2.15. The number of nitrogens with zero attached hydrogens (tertiary/aromatic N) is 2. The van der Waals surface area contributed by atoms with Crippen LogP contribution in [0.15, 0.2) is 4.99 Å². The van der Waals surface area contributed by atoms with Gasteiger partial charge in [-0.15, -0.1) is 0 Å². The van der Waals surface area contributed by atoms with Crippen molar-refractivity contribution in [3.05, 3.63) is 0 Å². The van der Waals surface area contributed by atoms with Gasteiger partial charge < -0.3 is 10.2 Å². The average molecular weight is 185 g/mol. The Hall–Kier alpha value is -0.570. The fraction of sp³-hybridized carbons (Fsp3) is 0.900. The molecule has 0 bridgehead atoms. The van der Waals surface area contributed by atoms with Gasteiger partial charge in [0.2, 0.25) is 0 Å². The maximum atomic E-state index is 4.48. The third kappa shape index (κ3) is 7.78. The third-order valence-corrected chi connectivity index (χ3v) is 1.78. The lowest BCUT2D eigenvalue weighted by Crippen LogP contribution is -2.22. The van der Waals surface area contributed by atoms with Crippen molar-refractivity contribution in [3.8, 4) is 0 Å². The summed E-state index contributed by atoms with van der Waals surface area (Å²) in [6, 6.07) is 0. The second-order valence-electron chi connectivity index (χ2n) is 3.37. The molecule has 78 valence electrons. The minimum atomic E-state index is 0.939. The molecule has 0 aromatic carbocycles. The molecule has 0 rings (SSSR count). The molecule has 3 heteroatoms. The van der Waals surface area contributed by atoms with Gasteiger partial charge in [-0.25, -0.2) is 0 Å². The average Bonchev–Trinajstić information content (AvgIpc) is 2.10. The van der Waals surface area contributed by atoms with Crippen LogP contribution in [0.3, 0.4) is 0 Å². The maximum absolute atomic E-state index is 4.48. The van der Waals surface area contributed by atoms with Crippen molar-refractivity contribution in [1.29, 1.82) is 0 Å². The topological polar surface area (TPSA) is 27.6 Å². The number of hydrogen-bond donors (Lipinski definition) is 1. The predicted octanol–water partition coefficient (Wildman–Crippen LogP) is 1.36. The molecule has 0 aromatic heterocycles. The van der Waals surface area contributed by atoms with E-state index in [1.54, 1.807) is 0 Å². The summed E-state index contributed by atoms with van der Waals surface area (Å²) in [5.41, 5.74) is 0. The molecule has 0 unspecified atom stereocenters. The Labute approximate surface area is 82.2 Å². The lowest BCUT2D eigenvalue weighted by Gasteiger charge is -2.08. The highest BCUT2D eigenvalue weighted by Gasteiger charge is 1.92. The van der Waals surface area contributed by atoms with Crippen LogP contribution in [0.5, 0.6) is 0 Å². The SMILES string of the molecule is CCNC(CC)=NCCCN(C)C. The molecule has 0 aromatic rings. The molecular formula is C10H23N3. The summed E-state index contributed by atoms with van der Waals surface area (Å²) >= 11 is 0. The van der Waals surface area contributed by atoms with Crippen LogP contribution in [-0.4, -0.2) is 44.5 Å². The molecule has 1 N–H and O–H groups in total. The molecule has 13 heavy (non-hydrogen) atoms. The van der Waals surface area contributed by atoms with E-state index in [9.17, 15) is 0 Å². The summed E-state index contributed by atoms with van der Waals surface area (Å²) < 4.78 is 0. The molecule has 0 aliphatic rings. The second kappa shape index (κ2) is 8.05. The fourth-order valence-corrected chi connectivity index (χ4v) is 1.10. The molecule has 0 fully saturated rings. The molecule has 0 atom stereocenters. The minimum Gasteiger partial charge on any atom is -0.374 e. The Bertz CT molecular complexity index is 141. The van der Waals surface area contributed by atoms with Crippen molar-refractivity contribution in [3.63, 3.8) is 0 Å². The summed E-state index contributed by atoms with van der Waals surface area (Å²) in [6.45, 7) is 7.26. The summed E-state index contributed by atoms with van der Waals surface area (Å²) in [5.74, 6) is 1.14. The monoisotopic (exact) mass is 185 g/mol. The maximum Gasteiger partial charge on any atom is 0.0960 e. The Morgan fingerprint density at radius 1 is 1.31 bits per heavy atom. The number of amidine groups is 1. The van der Waals surface area contributed by atoms with E-state index in [4.69, 9.17) is 0 Å². The zero-order valence-corrected chi connectivity index (χ0v) is 9.43. The van der Waals surface area contributed by atoms with Gasteiger partial charge in [0.05, 0.1) is 5.84 Å². The first kappa shape index (κ1) is 12.4. The van der Waals surface area contributed by atoms with Gasteiger partial charge in [0.25, 0.3) is 0 Å². The van der Waals surface area contributed by atoms with Gasteiger partial charge in [-0.2, -0.15) is 0 Å². The lowest BCUT2D eigenvalue weighted by molar-refractivity contribution is 0.403. The largest absolute Gasteiger partial charge is 0.374 e. The summed E-state index contributed by atoms with van der Waals surface area (Å²) in [4.78, 5) is 6.67. The van der Waals surface area contributed by atoms with Crippen LogP contribution >= 0.6 is 0 Å². The second-order valence-corrected chi connectivity index (χ2v) is 3.37. The first-order chi connectivity index (χ1) is 6.20. The molecule has 0 spiro atoms. The fourth-order valence-electron chi connectivity index (χ4n) is 1.10. The van der Waals surface area contributed by atoms with Gasteiger partial charge in [-0.3, -0.25) is 4.99 Å². The summed E-state index contributed by atoms with van der Waals surface area (Å²) in [5, 5.41) is 3.26. The first-order valence-electron chi connectivity index (χ1n) is 5.12. The Kier molecular flexibility index (Phi) is 7.69. The number of aliphatic imine (C=N–C) groups is 1. The number of hydrogen-bond acceptors (Lipinski definition) is 2. The van der Waals surface area contributed by atoms with E-state index in [-0.39, 0.29) is 0 Å². The number of nitrogens with one attached hydrogen (secondary N) is 1. The normalized spacial score (nSPS) is 12.2. The van der Waals surface area contributed by atoms with E-state index < -0.39 is 0 Å². The molecule has 0 aliphatic heterocycles. The minimum absolute atomic E-state index is 0.939. The van der Waals surface area contributed by atoms with Crippen LogP contribution < -0.4 is 5.32 Å². The van der Waals surface area contributed by atoms with Crippen LogP contribution in [0.4, 0.5) is 0 Å². The molecule has 3 nitrogen and oxygen atoms in total. The van der Waals surface area contributed by atoms with Crippen molar-refractivity contribution in [2.75, 3.05) is 33.7 Å². The molecule has 0 heterocycles. The Morgan fingerprint density at radius 2 is 2.00 bits per heavy atom. The highest BCUT2D eigenvalue weighted by Crippen LogP contribution is 1.87. The number of rotatable bonds is 6. The standard InChI is InChI=1S/C10H23N3/c1-5-10(11-6-2)12-8-7-9-13(3)4/h5-9H2,1-4H3,(H,11,12). The van der Waals surface area contributed by atoms with E-state index in [2.05, 4.69) is 43.2 Å². The van der Waals surface area contributed by atoms with Crippen molar-refractivity contribution < 1.29 is 0 Å². The van der Waals surface area contributed by atoms with E-state index in [1.807, 2.05) is 0 Å². The van der Waals surface area contributed by atoms with Crippen LogP contribution in [-0.2, 0) is 0 Å². The van der Waals surface area contributed by atoms with Crippen molar-refractivity contribution in [2.45, 2.75) is 26.7 Å². The lowest BCUT2D eigenvalue weighted by atomic mass is 10.4. The van der Waals surface area contributed by atoms with Gasteiger partial charge in [-0.1, -0.05) is 6.92 Å². The van der Waals surface area contributed by atoms with Crippen molar-refractivity contribution in [2.24, 2.45) is 4.99 Å². The molecule has 0 saturated carbocycles. The third-order valence-electron chi connectivity index (χ3n) is 1.78. The Morgan fingerprint density at radius 3 is 2.46 bits per heavy atom. The molecule has 0 saturated heterocycles. The van der Waals surface area contributed by atoms with Gasteiger partial charge in [0.15, 0.2) is 0 Å². The zero-order valence-electron chi connectivity index (χ0n) is 9.43. The van der Waals surface area contributed by atoms with Crippen LogP contribution in [0.25, 0.3) is 0 Å². The van der Waals surface area contributed by atoms with E-state index in [0.29, 0.717) is 0 Å². The highest BCUT2D eigenvalue weighted by atomic mass is 15.1. The van der Waals surface area contributed by atoms with E-state index >= 15 is 0 Å². The van der Waals surface area contributed by atoms with Gasteiger partial charge in [-0.05, 0) is 34.0 Å². The summed E-state index contributed by atoms with van der Waals surface area (Å²) in [7, 11) is 4.18.